The Balaban J connectivity index is 1.53. The average molecular weight is 281 g/mol. The van der Waals surface area contributed by atoms with Crippen molar-refractivity contribution in [2.24, 2.45) is 11.8 Å². The molecule has 0 spiro atoms. The van der Waals surface area contributed by atoms with Crippen LogP contribution in [0.25, 0.3) is 10.8 Å². The zero-order valence-corrected chi connectivity index (χ0v) is 12.4. The molecule has 0 radical (unpaired) electrons. The summed E-state index contributed by atoms with van der Waals surface area (Å²) in [6, 6.07) is 14.6. The van der Waals surface area contributed by atoms with Gasteiger partial charge in [0.1, 0.15) is 0 Å². The van der Waals surface area contributed by atoms with Crippen LogP contribution in [0.2, 0.25) is 0 Å². The summed E-state index contributed by atoms with van der Waals surface area (Å²) in [4.78, 5) is 2.47. The summed E-state index contributed by atoms with van der Waals surface area (Å²) in [5, 5.41) is 13.1. The van der Waals surface area contributed by atoms with E-state index in [1.807, 2.05) is 0 Å². The van der Waals surface area contributed by atoms with Crippen LogP contribution in [0.1, 0.15) is 30.9 Å². The number of benzene rings is 2. The predicted octanol–water partition coefficient (Wildman–Crippen LogP) is 3.61. The van der Waals surface area contributed by atoms with Crippen LogP contribution in [0.15, 0.2) is 42.5 Å². The molecule has 1 saturated heterocycles. The maximum Gasteiger partial charge on any atom is 0.0922 e. The molecule has 2 aromatic carbocycles. The van der Waals surface area contributed by atoms with Crippen molar-refractivity contribution in [2.45, 2.75) is 25.4 Å². The van der Waals surface area contributed by atoms with Crippen molar-refractivity contribution in [1.82, 2.24) is 4.90 Å². The summed E-state index contributed by atoms with van der Waals surface area (Å²) in [5.74, 6) is 1.79. The molecular formula is C19H23NO. The van der Waals surface area contributed by atoms with Gasteiger partial charge in [0, 0.05) is 19.6 Å². The van der Waals surface area contributed by atoms with E-state index in [0.29, 0.717) is 0 Å². The molecule has 1 aliphatic carbocycles. The molecule has 1 aliphatic heterocycles. The molecule has 1 N–H and O–H groups in total. The van der Waals surface area contributed by atoms with Crippen molar-refractivity contribution in [3.05, 3.63) is 48.0 Å². The Morgan fingerprint density at radius 3 is 2.52 bits per heavy atom. The van der Waals surface area contributed by atoms with Crippen LogP contribution in [0, 0.1) is 11.8 Å². The fraction of sp³-hybridized carbons (Fsp3) is 0.474. The lowest BCUT2D eigenvalue weighted by atomic mass is 10.00. The van der Waals surface area contributed by atoms with Crippen LogP contribution in [0.3, 0.4) is 0 Å². The third-order valence-corrected chi connectivity index (χ3v) is 5.42. The van der Waals surface area contributed by atoms with Crippen LogP contribution < -0.4 is 0 Å². The first kappa shape index (κ1) is 13.3. The molecule has 1 saturated carbocycles. The number of rotatable bonds is 3. The van der Waals surface area contributed by atoms with Gasteiger partial charge in [0.25, 0.3) is 0 Å². The van der Waals surface area contributed by atoms with E-state index in [-0.39, 0.29) is 6.10 Å². The number of aliphatic hydroxyl groups excluding tert-OH is 1. The van der Waals surface area contributed by atoms with Gasteiger partial charge in [-0.2, -0.15) is 0 Å². The number of aliphatic hydroxyl groups is 1. The Labute approximate surface area is 126 Å². The standard InChI is InChI=1S/C19H23NO/c21-19(13-20-11-15-7-3-8-16(15)12-20)18-10-4-6-14-5-1-2-9-17(14)18/h1-2,4-6,9-10,15-16,19,21H,3,7-8,11-13H2. The van der Waals surface area contributed by atoms with Crippen LogP contribution >= 0.6 is 0 Å². The summed E-state index contributed by atoms with van der Waals surface area (Å²) in [7, 11) is 0. The SMILES string of the molecule is OC(CN1CC2CCCC2C1)c1cccc2ccccc12. The number of fused-ring (bicyclic) bond motifs is 2. The number of likely N-dealkylation sites (tertiary alicyclic amines) is 1. The lowest BCUT2D eigenvalue weighted by Crippen LogP contribution is -2.27. The summed E-state index contributed by atoms with van der Waals surface area (Å²) in [6.45, 7) is 3.15. The first-order chi connectivity index (χ1) is 10.3. The Bertz CT molecular complexity index is 621. The minimum absolute atomic E-state index is 0.380. The highest BCUT2D eigenvalue weighted by Crippen LogP contribution is 2.38. The highest BCUT2D eigenvalue weighted by atomic mass is 16.3. The molecular weight excluding hydrogens is 258 g/mol. The first-order valence-electron chi connectivity index (χ1n) is 8.19. The van der Waals surface area contributed by atoms with Crippen molar-refractivity contribution in [1.29, 1.82) is 0 Å². The largest absolute Gasteiger partial charge is 0.387 e. The molecule has 21 heavy (non-hydrogen) atoms. The van der Waals surface area contributed by atoms with Crippen molar-refractivity contribution in [3.8, 4) is 0 Å². The zero-order chi connectivity index (χ0) is 14.2. The number of hydrogen-bond acceptors (Lipinski definition) is 2. The van der Waals surface area contributed by atoms with E-state index in [4.69, 9.17) is 0 Å². The third kappa shape index (κ3) is 2.47. The van der Waals surface area contributed by atoms with Gasteiger partial charge in [-0.3, -0.25) is 4.90 Å². The van der Waals surface area contributed by atoms with Gasteiger partial charge in [0.05, 0.1) is 6.10 Å². The molecule has 0 bridgehead atoms. The van der Waals surface area contributed by atoms with E-state index in [1.165, 1.54) is 43.1 Å². The van der Waals surface area contributed by atoms with Crippen LogP contribution in [0.5, 0.6) is 0 Å². The van der Waals surface area contributed by atoms with E-state index >= 15 is 0 Å². The minimum atomic E-state index is -0.380. The fourth-order valence-corrected chi connectivity index (χ4v) is 4.37. The minimum Gasteiger partial charge on any atom is -0.387 e. The molecule has 3 unspecified atom stereocenters. The van der Waals surface area contributed by atoms with Crippen molar-refractivity contribution in [3.63, 3.8) is 0 Å². The van der Waals surface area contributed by atoms with Crippen molar-refractivity contribution >= 4 is 10.8 Å². The average Bonchev–Trinajstić information content (AvgIpc) is 3.07. The van der Waals surface area contributed by atoms with E-state index in [9.17, 15) is 5.11 Å². The quantitative estimate of drug-likeness (QED) is 0.929. The first-order valence-corrected chi connectivity index (χ1v) is 8.19. The highest BCUT2D eigenvalue weighted by Gasteiger charge is 2.36. The number of hydrogen-bond donors (Lipinski definition) is 1. The Morgan fingerprint density at radius 2 is 1.71 bits per heavy atom. The molecule has 2 nitrogen and oxygen atoms in total. The maximum atomic E-state index is 10.7. The van der Waals surface area contributed by atoms with Crippen LogP contribution in [0.4, 0.5) is 0 Å². The van der Waals surface area contributed by atoms with Gasteiger partial charge in [0.2, 0.25) is 0 Å². The smallest absolute Gasteiger partial charge is 0.0922 e. The second-order valence-corrected chi connectivity index (χ2v) is 6.75. The van der Waals surface area contributed by atoms with Gasteiger partial charge >= 0.3 is 0 Å². The topological polar surface area (TPSA) is 23.5 Å². The van der Waals surface area contributed by atoms with E-state index in [1.54, 1.807) is 0 Å². The molecule has 110 valence electrons. The lowest BCUT2D eigenvalue weighted by molar-refractivity contribution is 0.123. The number of β-amino-alcohol motifs (C(OH)–C–C–N with tert-alkyl or cyclic N) is 1. The van der Waals surface area contributed by atoms with Crippen LogP contribution in [-0.2, 0) is 0 Å². The Morgan fingerprint density at radius 1 is 1.00 bits per heavy atom. The molecule has 2 fully saturated rings. The van der Waals surface area contributed by atoms with Gasteiger partial charge in [-0.05, 0) is 41.0 Å². The van der Waals surface area contributed by atoms with Crippen LogP contribution in [-0.4, -0.2) is 29.6 Å². The van der Waals surface area contributed by atoms with Gasteiger partial charge in [-0.15, -0.1) is 0 Å². The summed E-state index contributed by atoms with van der Waals surface area (Å²) in [6.07, 6.45) is 3.82. The van der Waals surface area contributed by atoms with Crippen molar-refractivity contribution < 1.29 is 5.11 Å². The van der Waals surface area contributed by atoms with E-state index in [0.717, 1.165) is 23.9 Å². The second kappa shape index (κ2) is 5.43. The Hall–Kier alpha value is -1.38. The molecule has 2 aliphatic rings. The molecule has 2 aromatic rings. The maximum absolute atomic E-state index is 10.7. The van der Waals surface area contributed by atoms with Gasteiger partial charge in [-0.1, -0.05) is 48.9 Å². The van der Waals surface area contributed by atoms with E-state index in [2.05, 4.69) is 47.4 Å². The fourth-order valence-electron chi connectivity index (χ4n) is 4.37. The second-order valence-electron chi connectivity index (χ2n) is 6.75. The normalized spacial score (nSPS) is 27.1. The molecule has 0 aromatic heterocycles. The highest BCUT2D eigenvalue weighted by molar-refractivity contribution is 5.85. The van der Waals surface area contributed by atoms with Gasteiger partial charge in [0.15, 0.2) is 0 Å². The predicted molar refractivity (Wildman–Crippen MR) is 86.2 cm³/mol. The zero-order valence-electron chi connectivity index (χ0n) is 12.4. The van der Waals surface area contributed by atoms with Gasteiger partial charge < -0.3 is 5.11 Å². The molecule has 0 amide bonds. The van der Waals surface area contributed by atoms with Gasteiger partial charge in [-0.25, -0.2) is 0 Å². The van der Waals surface area contributed by atoms with Crippen molar-refractivity contribution in [2.75, 3.05) is 19.6 Å². The number of nitrogens with zero attached hydrogens (tertiary/aromatic N) is 1. The Kier molecular flexibility index (Phi) is 3.44. The summed E-state index contributed by atoms with van der Waals surface area (Å²) < 4.78 is 0. The molecule has 2 heteroatoms. The molecule has 4 rings (SSSR count). The lowest BCUT2D eigenvalue weighted by Gasteiger charge is -2.22. The van der Waals surface area contributed by atoms with E-state index < -0.39 is 0 Å². The third-order valence-electron chi connectivity index (χ3n) is 5.42. The summed E-state index contributed by atoms with van der Waals surface area (Å²) >= 11 is 0. The summed E-state index contributed by atoms with van der Waals surface area (Å²) in [5.41, 5.74) is 1.07. The molecule has 3 atom stereocenters. The molecule has 1 heterocycles. The monoisotopic (exact) mass is 281 g/mol.